The summed E-state index contributed by atoms with van der Waals surface area (Å²) in [6.07, 6.45) is 4.53. The third-order valence-electron chi connectivity index (χ3n) is 5.87. The molecule has 0 saturated heterocycles. The number of carbonyl (C=O) groups is 2. The van der Waals surface area contributed by atoms with Gasteiger partial charge in [-0.3, -0.25) is 14.6 Å². The molecule has 0 bridgehead atoms. The average Bonchev–Trinajstić information content (AvgIpc) is 3.05. The van der Waals surface area contributed by atoms with Crippen LogP contribution in [0.3, 0.4) is 0 Å². The van der Waals surface area contributed by atoms with E-state index in [-0.39, 0.29) is 18.4 Å². The van der Waals surface area contributed by atoms with Crippen LogP contribution >= 0.6 is 0 Å². The Kier molecular flexibility index (Phi) is 5.72. The quantitative estimate of drug-likeness (QED) is 0.807. The molecule has 158 valence electrons. The number of rotatable bonds is 5. The Morgan fingerprint density at radius 1 is 1.19 bits per heavy atom. The van der Waals surface area contributed by atoms with Crippen LogP contribution in [-0.4, -0.2) is 41.7 Å². The van der Waals surface area contributed by atoms with Crippen molar-refractivity contribution < 1.29 is 14.3 Å². The van der Waals surface area contributed by atoms with Crippen molar-refractivity contribution in [1.82, 2.24) is 4.90 Å². The first kappa shape index (κ1) is 20.6. The number of aliphatic imine (C=N–C) groups is 1. The molecule has 1 aliphatic heterocycles. The van der Waals surface area contributed by atoms with Crippen LogP contribution in [0.15, 0.2) is 53.5 Å². The second-order valence-electron chi connectivity index (χ2n) is 7.86. The topological polar surface area (TPSA) is 94.8 Å². The normalized spacial score (nSPS) is 17.2. The van der Waals surface area contributed by atoms with Crippen molar-refractivity contribution in [3.8, 4) is 11.8 Å². The molecule has 1 N–H and O–H groups in total. The summed E-state index contributed by atoms with van der Waals surface area (Å²) in [6.45, 7) is -0.0846. The number of hydrogen-bond acceptors (Lipinski definition) is 5. The van der Waals surface area contributed by atoms with E-state index in [0.29, 0.717) is 22.7 Å². The molecule has 0 atom stereocenters. The summed E-state index contributed by atoms with van der Waals surface area (Å²) in [4.78, 5) is 32.7. The van der Waals surface area contributed by atoms with Gasteiger partial charge in [0.15, 0.2) is 0 Å². The van der Waals surface area contributed by atoms with Gasteiger partial charge < -0.3 is 15.0 Å². The van der Waals surface area contributed by atoms with Crippen LogP contribution in [0.4, 0.5) is 5.69 Å². The molecule has 0 aromatic heterocycles. The lowest BCUT2D eigenvalue weighted by molar-refractivity contribution is -0.134. The molecule has 0 radical (unpaired) electrons. The van der Waals surface area contributed by atoms with Gasteiger partial charge in [0.25, 0.3) is 5.91 Å². The summed E-state index contributed by atoms with van der Waals surface area (Å²) in [6, 6.07) is 16.0. The monoisotopic (exact) mass is 416 g/mol. The number of methoxy groups -OCH3 is 1. The molecule has 0 unspecified atom stereocenters. The van der Waals surface area contributed by atoms with E-state index in [1.165, 1.54) is 0 Å². The Morgan fingerprint density at radius 3 is 2.61 bits per heavy atom. The van der Waals surface area contributed by atoms with Crippen LogP contribution in [0.25, 0.3) is 0 Å². The van der Waals surface area contributed by atoms with E-state index in [2.05, 4.69) is 11.4 Å². The second-order valence-corrected chi connectivity index (χ2v) is 7.86. The number of benzene rings is 2. The van der Waals surface area contributed by atoms with Crippen LogP contribution < -0.4 is 10.1 Å². The molecular formula is C24H24N4O3. The number of carbonyl (C=O) groups excluding carboxylic acids is 2. The molecule has 1 spiro atoms. The summed E-state index contributed by atoms with van der Waals surface area (Å²) >= 11 is 0. The highest BCUT2D eigenvalue weighted by atomic mass is 16.5. The SMILES string of the molecule is COc1ccc(C2=NC3(CCCCC3)N(CC(=O)Nc3cccc(C#N)c3)C2=O)cc1. The van der Waals surface area contributed by atoms with E-state index < -0.39 is 5.66 Å². The third kappa shape index (κ3) is 4.15. The summed E-state index contributed by atoms with van der Waals surface area (Å²) in [5.74, 6) is 0.172. The van der Waals surface area contributed by atoms with Crippen LogP contribution in [0.1, 0.15) is 43.2 Å². The molecular weight excluding hydrogens is 392 g/mol. The third-order valence-corrected chi connectivity index (χ3v) is 5.87. The van der Waals surface area contributed by atoms with E-state index >= 15 is 0 Å². The van der Waals surface area contributed by atoms with Crippen molar-refractivity contribution in [2.75, 3.05) is 19.0 Å². The first-order valence-corrected chi connectivity index (χ1v) is 10.4. The number of nitrogens with zero attached hydrogens (tertiary/aromatic N) is 3. The zero-order valence-corrected chi connectivity index (χ0v) is 17.4. The highest BCUT2D eigenvalue weighted by Crippen LogP contribution is 2.39. The van der Waals surface area contributed by atoms with Crippen molar-refractivity contribution in [1.29, 1.82) is 5.26 Å². The molecule has 2 aromatic rings. The predicted octanol–water partition coefficient (Wildman–Crippen LogP) is 3.50. The molecule has 2 aliphatic rings. The standard InChI is InChI=1S/C24H24N4O3/c1-31-20-10-8-18(9-11-20)22-23(30)28(24(27-22)12-3-2-4-13-24)16-21(29)26-19-7-5-6-17(14-19)15-25/h5-11,14H,2-4,12-13,16H2,1H3,(H,26,29). The van der Waals surface area contributed by atoms with E-state index in [4.69, 9.17) is 15.0 Å². The maximum absolute atomic E-state index is 13.4. The highest BCUT2D eigenvalue weighted by molar-refractivity contribution is 6.47. The van der Waals surface area contributed by atoms with Crippen LogP contribution in [0, 0.1) is 11.3 Å². The molecule has 7 heteroatoms. The Balaban J connectivity index is 1.57. The van der Waals surface area contributed by atoms with Gasteiger partial charge in [-0.05, 0) is 68.1 Å². The van der Waals surface area contributed by atoms with Gasteiger partial charge in [-0.15, -0.1) is 0 Å². The zero-order valence-electron chi connectivity index (χ0n) is 17.4. The second kappa shape index (κ2) is 8.60. The lowest BCUT2D eigenvalue weighted by Gasteiger charge is -2.38. The molecule has 4 rings (SSSR count). The summed E-state index contributed by atoms with van der Waals surface area (Å²) in [5.41, 5.74) is 1.44. The Bertz CT molecular complexity index is 1060. The maximum atomic E-state index is 13.4. The van der Waals surface area contributed by atoms with Gasteiger partial charge in [-0.1, -0.05) is 12.5 Å². The smallest absolute Gasteiger partial charge is 0.275 e. The fraction of sp³-hybridized carbons (Fsp3) is 0.333. The molecule has 1 aliphatic carbocycles. The van der Waals surface area contributed by atoms with Crippen LogP contribution in [0.2, 0.25) is 0 Å². The molecule has 1 fully saturated rings. The minimum atomic E-state index is -0.670. The Hall–Kier alpha value is -3.66. The first-order chi connectivity index (χ1) is 15.0. The average molecular weight is 416 g/mol. The van der Waals surface area contributed by atoms with Crippen LogP contribution in [-0.2, 0) is 9.59 Å². The number of anilines is 1. The number of ether oxygens (including phenoxy) is 1. The molecule has 1 heterocycles. The van der Waals surface area contributed by atoms with Crippen molar-refractivity contribution >= 4 is 23.2 Å². The Labute approximate surface area is 181 Å². The number of hydrogen-bond donors (Lipinski definition) is 1. The van der Waals surface area contributed by atoms with E-state index in [0.717, 1.165) is 37.7 Å². The van der Waals surface area contributed by atoms with Gasteiger partial charge in [0.05, 0.1) is 18.7 Å². The molecule has 1 saturated carbocycles. The van der Waals surface area contributed by atoms with Crippen molar-refractivity contribution in [3.63, 3.8) is 0 Å². The minimum absolute atomic E-state index is 0.0846. The van der Waals surface area contributed by atoms with Gasteiger partial charge in [0.2, 0.25) is 5.91 Å². The lowest BCUT2D eigenvalue weighted by Crippen LogP contribution is -2.51. The zero-order chi connectivity index (χ0) is 21.8. The summed E-state index contributed by atoms with van der Waals surface area (Å²) < 4.78 is 5.21. The summed E-state index contributed by atoms with van der Waals surface area (Å²) in [7, 11) is 1.59. The number of nitriles is 1. The van der Waals surface area contributed by atoms with Crippen molar-refractivity contribution in [2.45, 2.75) is 37.8 Å². The maximum Gasteiger partial charge on any atom is 0.275 e. The van der Waals surface area contributed by atoms with Gasteiger partial charge in [-0.25, -0.2) is 0 Å². The molecule has 7 nitrogen and oxygen atoms in total. The largest absolute Gasteiger partial charge is 0.497 e. The van der Waals surface area contributed by atoms with E-state index in [1.54, 1.807) is 48.4 Å². The van der Waals surface area contributed by atoms with Crippen molar-refractivity contribution in [2.24, 2.45) is 4.99 Å². The highest BCUT2D eigenvalue weighted by Gasteiger charge is 2.48. The van der Waals surface area contributed by atoms with Gasteiger partial charge in [-0.2, -0.15) is 5.26 Å². The van der Waals surface area contributed by atoms with Crippen molar-refractivity contribution in [3.05, 3.63) is 59.7 Å². The Morgan fingerprint density at radius 2 is 1.94 bits per heavy atom. The van der Waals surface area contributed by atoms with Gasteiger partial charge in [0, 0.05) is 11.3 Å². The van der Waals surface area contributed by atoms with E-state index in [9.17, 15) is 9.59 Å². The summed E-state index contributed by atoms with van der Waals surface area (Å²) in [5, 5.41) is 11.9. The predicted molar refractivity (Wildman–Crippen MR) is 117 cm³/mol. The fourth-order valence-electron chi connectivity index (χ4n) is 4.30. The van der Waals surface area contributed by atoms with Crippen LogP contribution in [0.5, 0.6) is 5.75 Å². The first-order valence-electron chi connectivity index (χ1n) is 10.4. The lowest BCUT2D eigenvalue weighted by atomic mass is 9.88. The van der Waals surface area contributed by atoms with Gasteiger partial charge >= 0.3 is 0 Å². The minimum Gasteiger partial charge on any atom is -0.497 e. The molecule has 2 amide bonds. The number of nitrogens with one attached hydrogen (secondary N) is 1. The van der Waals surface area contributed by atoms with Gasteiger partial charge in [0.1, 0.15) is 23.7 Å². The van der Waals surface area contributed by atoms with E-state index in [1.807, 2.05) is 12.1 Å². The molecule has 31 heavy (non-hydrogen) atoms. The molecule has 2 aromatic carbocycles. The fourth-order valence-corrected chi connectivity index (χ4v) is 4.30. The number of amides is 2.